The van der Waals surface area contributed by atoms with Crippen LogP contribution in [0.25, 0.3) is 0 Å². The SMILES string of the molecule is CC[C@]1(Nc2nc(Nc3ccc4c(c3)C3(CCCC3)NC4=O)ncc2Br)C=CC=CC1O. The summed E-state index contributed by atoms with van der Waals surface area (Å²) in [5.74, 6) is 1.04. The van der Waals surface area contributed by atoms with Crippen LogP contribution in [0.3, 0.4) is 0 Å². The minimum absolute atomic E-state index is 0.0119. The molecular formula is C24H26BrN5O2. The van der Waals surface area contributed by atoms with Gasteiger partial charge in [0.1, 0.15) is 5.82 Å². The van der Waals surface area contributed by atoms with Crippen molar-refractivity contribution in [2.45, 2.75) is 56.2 Å². The molecule has 7 nitrogen and oxygen atoms in total. The zero-order chi connectivity index (χ0) is 22.3. The van der Waals surface area contributed by atoms with Crippen LogP contribution in [0.4, 0.5) is 17.5 Å². The molecule has 4 N–H and O–H groups in total. The first-order valence-corrected chi connectivity index (χ1v) is 11.8. The molecule has 2 aromatic rings. The highest BCUT2D eigenvalue weighted by molar-refractivity contribution is 9.10. The number of nitrogens with zero attached hydrogens (tertiary/aromatic N) is 2. The average Bonchev–Trinajstić information content (AvgIpc) is 3.37. The standard InChI is InChI=1S/C24H26BrN5O2/c1-2-23(10-4-3-7-19(23)31)29-20-18(25)14-26-22(28-20)27-15-8-9-16-17(13-15)24(30-21(16)32)11-5-6-12-24/h3-4,7-10,13-14,19,31H,2,5-6,11-12H2,1H3,(H,30,32)(H2,26,27,28,29)/t19?,23-/m0/s1. The third kappa shape index (κ3) is 3.51. The number of aliphatic hydroxyl groups excluding tert-OH is 1. The molecule has 2 aliphatic carbocycles. The first-order chi connectivity index (χ1) is 15.4. The Bertz CT molecular complexity index is 1130. The third-order valence-electron chi connectivity index (χ3n) is 6.85. The molecule has 1 amide bonds. The molecule has 1 spiro atoms. The number of aliphatic hydroxyl groups is 1. The van der Waals surface area contributed by atoms with E-state index in [0.29, 0.717) is 22.7 Å². The first-order valence-electron chi connectivity index (χ1n) is 11.0. The van der Waals surface area contributed by atoms with Gasteiger partial charge in [-0.2, -0.15) is 4.98 Å². The fraction of sp³-hybridized carbons (Fsp3) is 0.375. The molecule has 5 rings (SSSR count). The molecule has 32 heavy (non-hydrogen) atoms. The second-order valence-corrected chi connectivity index (χ2v) is 9.58. The van der Waals surface area contributed by atoms with Crippen LogP contribution in [0.2, 0.25) is 0 Å². The number of amides is 1. The summed E-state index contributed by atoms with van der Waals surface area (Å²) in [4.78, 5) is 21.5. The number of aromatic nitrogens is 2. The van der Waals surface area contributed by atoms with Crippen molar-refractivity contribution >= 4 is 39.3 Å². The minimum atomic E-state index is -0.667. The van der Waals surface area contributed by atoms with Crippen LogP contribution < -0.4 is 16.0 Å². The molecule has 2 heterocycles. The molecule has 166 valence electrons. The summed E-state index contributed by atoms with van der Waals surface area (Å²) in [6.45, 7) is 2.02. The normalized spacial score (nSPS) is 25.1. The summed E-state index contributed by atoms with van der Waals surface area (Å²) in [6, 6.07) is 5.81. The molecule has 0 bridgehead atoms. The van der Waals surface area contributed by atoms with Crippen LogP contribution in [0.5, 0.6) is 0 Å². The Morgan fingerprint density at radius 1 is 1.28 bits per heavy atom. The maximum atomic E-state index is 12.5. The molecule has 8 heteroatoms. The second-order valence-electron chi connectivity index (χ2n) is 8.73. The Kier molecular flexibility index (Phi) is 5.29. The molecule has 2 atom stereocenters. The van der Waals surface area contributed by atoms with E-state index in [0.717, 1.165) is 42.5 Å². The van der Waals surface area contributed by atoms with Crippen molar-refractivity contribution in [3.05, 3.63) is 64.3 Å². The van der Waals surface area contributed by atoms with Gasteiger partial charge in [-0.1, -0.05) is 44.1 Å². The van der Waals surface area contributed by atoms with E-state index in [-0.39, 0.29) is 11.4 Å². The van der Waals surface area contributed by atoms with Crippen molar-refractivity contribution in [2.75, 3.05) is 10.6 Å². The average molecular weight is 496 g/mol. The van der Waals surface area contributed by atoms with Gasteiger partial charge in [-0.25, -0.2) is 4.98 Å². The molecule has 1 aromatic heterocycles. The summed E-state index contributed by atoms with van der Waals surface area (Å²) in [7, 11) is 0. The molecule has 0 radical (unpaired) electrons. The van der Waals surface area contributed by atoms with E-state index in [4.69, 9.17) is 0 Å². The van der Waals surface area contributed by atoms with E-state index in [2.05, 4.69) is 41.8 Å². The first kappa shape index (κ1) is 21.2. The van der Waals surface area contributed by atoms with Crippen molar-refractivity contribution in [1.29, 1.82) is 0 Å². The lowest BCUT2D eigenvalue weighted by atomic mass is 9.86. The second kappa shape index (κ2) is 8.01. The Morgan fingerprint density at radius 2 is 2.09 bits per heavy atom. The maximum absolute atomic E-state index is 12.5. The molecule has 1 aliphatic heterocycles. The predicted molar refractivity (Wildman–Crippen MR) is 128 cm³/mol. The molecule has 1 saturated carbocycles. The Morgan fingerprint density at radius 3 is 2.84 bits per heavy atom. The van der Waals surface area contributed by atoms with E-state index < -0.39 is 11.6 Å². The van der Waals surface area contributed by atoms with Gasteiger partial charge >= 0.3 is 0 Å². The smallest absolute Gasteiger partial charge is 0.252 e. The quantitative estimate of drug-likeness (QED) is 0.485. The predicted octanol–water partition coefficient (Wildman–Crippen LogP) is 4.54. The number of anilines is 3. The fourth-order valence-electron chi connectivity index (χ4n) is 5.00. The number of carbonyl (C=O) groups is 1. The molecule has 1 aromatic carbocycles. The van der Waals surface area contributed by atoms with E-state index in [9.17, 15) is 9.90 Å². The Hall–Kier alpha value is -2.71. The highest BCUT2D eigenvalue weighted by Crippen LogP contribution is 2.45. The monoisotopic (exact) mass is 495 g/mol. The number of allylic oxidation sites excluding steroid dienone is 2. The van der Waals surface area contributed by atoms with Crippen LogP contribution in [-0.2, 0) is 5.54 Å². The van der Waals surface area contributed by atoms with Gasteiger partial charge in [-0.3, -0.25) is 4.79 Å². The summed E-state index contributed by atoms with van der Waals surface area (Å²) >= 11 is 3.52. The summed E-state index contributed by atoms with van der Waals surface area (Å²) in [6.07, 6.45) is 13.4. The van der Waals surface area contributed by atoms with Crippen molar-refractivity contribution in [3.8, 4) is 0 Å². The minimum Gasteiger partial charge on any atom is -0.386 e. The number of hydrogen-bond acceptors (Lipinski definition) is 6. The number of fused-ring (bicyclic) bond motifs is 2. The largest absolute Gasteiger partial charge is 0.386 e. The molecule has 1 fully saturated rings. The molecular weight excluding hydrogens is 470 g/mol. The van der Waals surface area contributed by atoms with Crippen LogP contribution in [0, 0.1) is 0 Å². The number of hydrogen-bond donors (Lipinski definition) is 4. The summed E-state index contributed by atoms with van der Waals surface area (Å²) in [5.41, 5.74) is 1.78. The van der Waals surface area contributed by atoms with Crippen molar-refractivity contribution < 1.29 is 9.90 Å². The molecule has 3 aliphatic rings. The highest BCUT2D eigenvalue weighted by Gasteiger charge is 2.44. The van der Waals surface area contributed by atoms with Gasteiger partial charge in [0.25, 0.3) is 5.91 Å². The van der Waals surface area contributed by atoms with Crippen LogP contribution in [0.15, 0.2) is 53.2 Å². The van der Waals surface area contributed by atoms with Gasteiger partial charge in [0.2, 0.25) is 5.95 Å². The van der Waals surface area contributed by atoms with Gasteiger partial charge in [0.15, 0.2) is 0 Å². The zero-order valence-electron chi connectivity index (χ0n) is 17.9. The molecule has 1 unspecified atom stereocenters. The topological polar surface area (TPSA) is 99.2 Å². The summed E-state index contributed by atoms with van der Waals surface area (Å²) < 4.78 is 0.708. The number of halogens is 1. The summed E-state index contributed by atoms with van der Waals surface area (Å²) in [5, 5.41) is 20.5. The Labute approximate surface area is 195 Å². The highest BCUT2D eigenvalue weighted by atomic mass is 79.9. The molecule has 0 saturated heterocycles. The van der Waals surface area contributed by atoms with E-state index in [1.165, 1.54) is 0 Å². The van der Waals surface area contributed by atoms with Gasteiger partial charge in [-0.15, -0.1) is 0 Å². The lowest BCUT2D eigenvalue weighted by Crippen LogP contribution is -2.47. The van der Waals surface area contributed by atoms with Crippen molar-refractivity contribution in [3.63, 3.8) is 0 Å². The zero-order valence-corrected chi connectivity index (χ0v) is 19.4. The van der Waals surface area contributed by atoms with Gasteiger partial charge in [0, 0.05) is 17.4 Å². The van der Waals surface area contributed by atoms with E-state index >= 15 is 0 Å². The van der Waals surface area contributed by atoms with Crippen molar-refractivity contribution in [1.82, 2.24) is 15.3 Å². The Balaban J connectivity index is 1.42. The number of benzene rings is 1. The van der Waals surface area contributed by atoms with Crippen LogP contribution in [-0.4, -0.2) is 32.6 Å². The number of carbonyl (C=O) groups excluding carboxylic acids is 1. The number of rotatable bonds is 5. The maximum Gasteiger partial charge on any atom is 0.252 e. The van der Waals surface area contributed by atoms with E-state index in [1.807, 2.05) is 43.4 Å². The third-order valence-corrected chi connectivity index (χ3v) is 7.43. The van der Waals surface area contributed by atoms with Gasteiger partial charge < -0.3 is 21.1 Å². The fourth-order valence-corrected chi connectivity index (χ4v) is 5.29. The van der Waals surface area contributed by atoms with Gasteiger partial charge in [0.05, 0.1) is 21.7 Å². The van der Waals surface area contributed by atoms with E-state index in [1.54, 1.807) is 12.3 Å². The number of nitrogens with one attached hydrogen (secondary N) is 3. The lowest BCUT2D eigenvalue weighted by Gasteiger charge is -2.36. The van der Waals surface area contributed by atoms with Crippen LogP contribution in [0.1, 0.15) is 54.9 Å². The lowest BCUT2D eigenvalue weighted by molar-refractivity contribution is 0.0931. The van der Waals surface area contributed by atoms with Crippen LogP contribution >= 0.6 is 15.9 Å². The van der Waals surface area contributed by atoms with Crippen molar-refractivity contribution in [2.24, 2.45) is 0 Å². The van der Waals surface area contributed by atoms with Gasteiger partial charge in [-0.05, 0) is 59.0 Å².